The van der Waals surface area contributed by atoms with Crippen molar-refractivity contribution in [1.29, 1.82) is 0 Å². The van der Waals surface area contributed by atoms with Gasteiger partial charge in [0.1, 0.15) is 0 Å². The lowest BCUT2D eigenvalue weighted by atomic mass is 9.91. The summed E-state index contributed by atoms with van der Waals surface area (Å²) in [6.07, 6.45) is 6.53. The van der Waals surface area contributed by atoms with Crippen LogP contribution in [0.15, 0.2) is 6.07 Å². The zero-order valence-electron chi connectivity index (χ0n) is 12.5. The molecule has 1 aliphatic rings. The van der Waals surface area contributed by atoms with Gasteiger partial charge in [-0.15, -0.1) is 11.3 Å². The van der Waals surface area contributed by atoms with Gasteiger partial charge in [-0.2, -0.15) is 0 Å². The molecule has 1 aromatic heterocycles. The molecule has 0 saturated heterocycles. The van der Waals surface area contributed by atoms with Crippen molar-refractivity contribution in [3.8, 4) is 0 Å². The highest BCUT2D eigenvalue weighted by molar-refractivity contribution is 7.14. The van der Waals surface area contributed by atoms with Gasteiger partial charge in [0.15, 0.2) is 0 Å². The molecule has 1 N–H and O–H groups in total. The topological polar surface area (TPSA) is 40.5 Å². The van der Waals surface area contributed by atoms with Crippen LogP contribution in [0.1, 0.15) is 59.6 Å². The van der Waals surface area contributed by atoms with E-state index in [-0.39, 0.29) is 12.5 Å². The van der Waals surface area contributed by atoms with Crippen LogP contribution < -0.4 is 0 Å². The van der Waals surface area contributed by atoms with Gasteiger partial charge in [-0.05, 0) is 43.7 Å². The molecule has 1 heterocycles. The molecule has 0 aliphatic heterocycles. The highest BCUT2D eigenvalue weighted by Gasteiger charge is 2.30. The van der Waals surface area contributed by atoms with E-state index < -0.39 is 0 Å². The van der Waals surface area contributed by atoms with Crippen LogP contribution in [0, 0.1) is 0 Å². The molecule has 0 atom stereocenters. The number of aryl methyl sites for hydroxylation is 2. The molecule has 3 nitrogen and oxygen atoms in total. The molecule has 1 fully saturated rings. The minimum atomic E-state index is 0.0517. The third kappa shape index (κ3) is 3.23. The van der Waals surface area contributed by atoms with Crippen LogP contribution in [0.5, 0.6) is 0 Å². The Morgan fingerprint density at radius 2 is 2.20 bits per heavy atom. The first-order valence-electron chi connectivity index (χ1n) is 7.74. The molecule has 0 bridgehead atoms. The Bertz CT molecular complexity index is 451. The van der Waals surface area contributed by atoms with E-state index in [4.69, 9.17) is 0 Å². The van der Waals surface area contributed by atoms with Gasteiger partial charge >= 0.3 is 0 Å². The number of aliphatic hydroxyl groups excluding tert-OH is 1. The largest absolute Gasteiger partial charge is 0.395 e. The predicted octanol–water partition coefficient (Wildman–Crippen LogP) is 3.25. The predicted molar refractivity (Wildman–Crippen MR) is 83.5 cm³/mol. The number of nitrogens with zero attached hydrogens (tertiary/aromatic N) is 1. The van der Waals surface area contributed by atoms with Crippen LogP contribution in [0.2, 0.25) is 0 Å². The summed E-state index contributed by atoms with van der Waals surface area (Å²) in [6, 6.07) is 2.41. The van der Waals surface area contributed by atoms with Crippen molar-refractivity contribution >= 4 is 17.2 Å². The number of carbonyl (C=O) groups excluding carboxylic acids is 1. The number of carbonyl (C=O) groups is 1. The lowest BCUT2D eigenvalue weighted by Gasteiger charge is -2.37. The molecule has 1 amide bonds. The zero-order valence-corrected chi connectivity index (χ0v) is 13.3. The molecule has 2 rings (SSSR count). The molecule has 0 radical (unpaired) electrons. The number of amides is 1. The molecular formula is C16H25NO2S. The minimum absolute atomic E-state index is 0.0517. The molecule has 0 unspecified atom stereocenters. The number of hydrogen-bond donors (Lipinski definition) is 1. The summed E-state index contributed by atoms with van der Waals surface area (Å²) in [5.41, 5.74) is 1.32. The van der Waals surface area contributed by atoms with E-state index in [1.165, 1.54) is 16.9 Å². The molecule has 20 heavy (non-hydrogen) atoms. The van der Waals surface area contributed by atoms with E-state index >= 15 is 0 Å². The average molecular weight is 295 g/mol. The monoisotopic (exact) mass is 295 g/mol. The number of hydrogen-bond acceptors (Lipinski definition) is 3. The Balaban J connectivity index is 2.17. The van der Waals surface area contributed by atoms with Crippen molar-refractivity contribution in [1.82, 2.24) is 4.90 Å². The van der Waals surface area contributed by atoms with Crippen LogP contribution in [0.25, 0.3) is 0 Å². The van der Waals surface area contributed by atoms with Crippen LogP contribution in [0.3, 0.4) is 0 Å². The van der Waals surface area contributed by atoms with Crippen molar-refractivity contribution in [3.05, 3.63) is 21.4 Å². The van der Waals surface area contributed by atoms with E-state index in [0.717, 1.165) is 37.0 Å². The lowest BCUT2D eigenvalue weighted by Crippen LogP contribution is -2.45. The summed E-state index contributed by atoms with van der Waals surface area (Å²) in [7, 11) is 0. The maximum absolute atomic E-state index is 12.7. The zero-order chi connectivity index (χ0) is 14.5. The van der Waals surface area contributed by atoms with Crippen LogP contribution in [0.4, 0.5) is 0 Å². The molecule has 0 aromatic carbocycles. The summed E-state index contributed by atoms with van der Waals surface area (Å²) >= 11 is 1.65. The highest BCUT2D eigenvalue weighted by atomic mass is 32.1. The first-order chi connectivity index (χ1) is 9.71. The first kappa shape index (κ1) is 15.5. The second-order valence-corrected chi connectivity index (χ2v) is 6.61. The lowest BCUT2D eigenvalue weighted by molar-refractivity contribution is 0.0530. The van der Waals surface area contributed by atoms with Crippen LogP contribution in [-0.4, -0.2) is 35.1 Å². The van der Waals surface area contributed by atoms with Gasteiger partial charge in [0.2, 0.25) is 0 Å². The molecular weight excluding hydrogens is 270 g/mol. The SMILES string of the molecule is CCCc1sc(C(=O)N(CCO)C2CCC2)cc1CC. The Morgan fingerprint density at radius 3 is 2.70 bits per heavy atom. The summed E-state index contributed by atoms with van der Waals surface area (Å²) in [4.78, 5) is 16.8. The van der Waals surface area contributed by atoms with Gasteiger partial charge in [-0.1, -0.05) is 20.3 Å². The molecule has 4 heteroatoms. The number of rotatable bonds is 7. The van der Waals surface area contributed by atoms with E-state index in [1.54, 1.807) is 11.3 Å². The first-order valence-corrected chi connectivity index (χ1v) is 8.56. The fraction of sp³-hybridized carbons (Fsp3) is 0.688. The summed E-state index contributed by atoms with van der Waals surface area (Å²) in [5.74, 6) is 0.116. The van der Waals surface area contributed by atoms with E-state index in [9.17, 15) is 9.90 Å². The van der Waals surface area contributed by atoms with E-state index in [1.807, 2.05) is 4.90 Å². The van der Waals surface area contributed by atoms with Gasteiger partial charge in [0.05, 0.1) is 11.5 Å². The Labute approximate surface area is 125 Å². The second kappa shape index (κ2) is 7.23. The fourth-order valence-electron chi connectivity index (χ4n) is 2.71. The van der Waals surface area contributed by atoms with Gasteiger partial charge < -0.3 is 10.0 Å². The van der Waals surface area contributed by atoms with Crippen LogP contribution in [-0.2, 0) is 12.8 Å². The Morgan fingerprint density at radius 1 is 1.45 bits per heavy atom. The minimum Gasteiger partial charge on any atom is -0.395 e. The third-order valence-corrected chi connectivity index (χ3v) is 5.31. The van der Waals surface area contributed by atoms with E-state index in [2.05, 4.69) is 19.9 Å². The van der Waals surface area contributed by atoms with Gasteiger partial charge in [-0.25, -0.2) is 0 Å². The van der Waals surface area contributed by atoms with Crippen molar-refractivity contribution in [2.45, 2.75) is 58.4 Å². The maximum Gasteiger partial charge on any atom is 0.264 e. The van der Waals surface area contributed by atoms with Gasteiger partial charge in [-0.3, -0.25) is 4.79 Å². The summed E-state index contributed by atoms with van der Waals surface area (Å²) in [5, 5.41) is 9.20. The molecule has 0 spiro atoms. The fourth-order valence-corrected chi connectivity index (χ4v) is 4.02. The van der Waals surface area contributed by atoms with Crippen molar-refractivity contribution < 1.29 is 9.90 Å². The second-order valence-electron chi connectivity index (χ2n) is 5.47. The number of thiophene rings is 1. The van der Waals surface area contributed by atoms with E-state index in [0.29, 0.717) is 12.6 Å². The normalized spacial score (nSPS) is 15.2. The maximum atomic E-state index is 12.7. The number of aliphatic hydroxyl groups is 1. The summed E-state index contributed by atoms with van der Waals surface area (Å²) < 4.78 is 0. The highest BCUT2D eigenvalue weighted by Crippen LogP contribution is 2.30. The standard InChI is InChI=1S/C16H25NO2S/c1-3-6-14-12(4-2)11-15(20-14)16(19)17(9-10-18)13-7-5-8-13/h11,13,18H,3-10H2,1-2H3. The van der Waals surface area contributed by atoms with Crippen LogP contribution >= 0.6 is 11.3 Å². The molecule has 1 saturated carbocycles. The van der Waals surface area contributed by atoms with Crippen molar-refractivity contribution in [3.63, 3.8) is 0 Å². The Hall–Kier alpha value is -0.870. The van der Waals surface area contributed by atoms with Crippen molar-refractivity contribution in [2.24, 2.45) is 0 Å². The Kier molecular flexibility index (Phi) is 5.61. The summed E-state index contributed by atoms with van der Waals surface area (Å²) in [6.45, 7) is 4.84. The third-order valence-electron chi connectivity index (χ3n) is 4.08. The molecule has 1 aliphatic carbocycles. The molecule has 112 valence electrons. The smallest absolute Gasteiger partial charge is 0.264 e. The van der Waals surface area contributed by atoms with Gasteiger partial charge in [0, 0.05) is 17.5 Å². The quantitative estimate of drug-likeness (QED) is 0.839. The van der Waals surface area contributed by atoms with Gasteiger partial charge in [0.25, 0.3) is 5.91 Å². The molecule has 1 aromatic rings. The van der Waals surface area contributed by atoms with Crippen molar-refractivity contribution in [2.75, 3.05) is 13.2 Å². The average Bonchev–Trinajstić information content (AvgIpc) is 2.79.